The van der Waals surface area contributed by atoms with Gasteiger partial charge in [-0.1, -0.05) is 0 Å². The average molecular weight is 300 g/mol. The second-order valence-corrected chi connectivity index (χ2v) is 6.52. The van der Waals surface area contributed by atoms with Crippen LogP contribution in [0.5, 0.6) is 0 Å². The van der Waals surface area contributed by atoms with Crippen molar-refractivity contribution in [3.8, 4) is 6.07 Å². The van der Waals surface area contributed by atoms with Crippen molar-refractivity contribution in [2.75, 3.05) is 0 Å². The van der Waals surface area contributed by atoms with Crippen molar-refractivity contribution in [3.63, 3.8) is 0 Å². The average Bonchev–Trinajstić information content (AvgIpc) is 2.22. The maximum Gasteiger partial charge on any atom is 0.408 e. The third kappa shape index (κ3) is 10.7. The summed E-state index contributed by atoms with van der Waals surface area (Å²) in [5, 5.41) is 11.0. The predicted octanol–water partition coefficient (Wildman–Crippen LogP) is 2.92. The zero-order valence-electron chi connectivity index (χ0n) is 15.6. The van der Waals surface area contributed by atoms with Crippen LogP contribution in [0.1, 0.15) is 63.5 Å². The summed E-state index contributed by atoms with van der Waals surface area (Å²) in [4.78, 5) is 24.1. The molecule has 0 rings (SSSR count). The van der Waals surface area contributed by atoms with Crippen molar-refractivity contribution in [2.24, 2.45) is 0 Å². The lowest BCUT2D eigenvalue weighted by Gasteiger charge is -2.26. The number of rotatable bonds is 5. The fourth-order valence-corrected chi connectivity index (χ4v) is 1.29. The number of hydrogen-bond donors (Lipinski definition) is 1. The van der Waals surface area contributed by atoms with Gasteiger partial charge in [0, 0.05) is 9.16 Å². The molecule has 0 spiro atoms. The van der Waals surface area contributed by atoms with Crippen molar-refractivity contribution >= 4 is 12.1 Å². The van der Waals surface area contributed by atoms with Crippen molar-refractivity contribution < 1.29 is 21.8 Å². The number of nitriles is 1. The van der Waals surface area contributed by atoms with E-state index >= 15 is 0 Å². The molecule has 0 aromatic carbocycles. The van der Waals surface area contributed by atoms with Crippen LogP contribution < -0.4 is 5.32 Å². The first-order chi connectivity index (χ1) is 10.2. The molecule has 0 heterocycles. The molecule has 0 saturated heterocycles. The van der Waals surface area contributed by atoms with Crippen LogP contribution in [0.4, 0.5) is 4.79 Å². The predicted molar refractivity (Wildman–Crippen MR) is 78.5 cm³/mol. The second-order valence-electron chi connectivity index (χ2n) is 6.52. The van der Waals surface area contributed by atoms with Gasteiger partial charge >= 0.3 is 12.1 Å². The van der Waals surface area contributed by atoms with Crippen molar-refractivity contribution in [3.05, 3.63) is 0 Å². The zero-order chi connectivity index (χ0) is 18.5. The van der Waals surface area contributed by atoms with Gasteiger partial charge in [-0.3, -0.25) is 0 Å². The first kappa shape index (κ1) is 15.6. The minimum Gasteiger partial charge on any atom is -0.458 e. The van der Waals surface area contributed by atoms with E-state index in [0.717, 1.165) is 0 Å². The number of ether oxygens (including phenoxy) is 2. The van der Waals surface area contributed by atoms with Gasteiger partial charge in [-0.2, -0.15) is 5.26 Å². The number of amides is 1. The van der Waals surface area contributed by atoms with E-state index in [1.807, 2.05) is 0 Å². The number of carbonyl (C=O) groups is 2. The van der Waals surface area contributed by atoms with Crippen LogP contribution in [0.15, 0.2) is 0 Å². The summed E-state index contributed by atoms with van der Waals surface area (Å²) in [6.07, 6.45) is -3.57. The number of esters is 1. The van der Waals surface area contributed by atoms with Gasteiger partial charge in [0.2, 0.25) is 0 Å². The molecule has 6 nitrogen and oxygen atoms in total. The third-order valence-electron chi connectivity index (χ3n) is 1.93. The monoisotopic (exact) mass is 300 g/mol. The maximum atomic E-state index is 12.2. The lowest BCUT2D eigenvalue weighted by atomic mass is 10.1. The molecule has 0 aliphatic heterocycles. The summed E-state index contributed by atoms with van der Waals surface area (Å²) in [6, 6.07) is 0.478. The Morgan fingerprint density at radius 1 is 1.19 bits per heavy atom. The van der Waals surface area contributed by atoms with Crippen LogP contribution >= 0.6 is 0 Å². The summed E-state index contributed by atoms with van der Waals surface area (Å²) < 4.78 is 25.8. The van der Waals surface area contributed by atoms with E-state index in [-0.39, 0.29) is 6.42 Å². The number of nitrogens with one attached hydrogen (secondary N) is 1. The summed E-state index contributed by atoms with van der Waals surface area (Å²) in [5.41, 5.74) is -1.54. The highest BCUT2D eigenvalue weighted by Gasteiger charge is 2.28. The van der Waals surface area contributed by atoms with Gasteiger partial charge in [-0.05, 0) is 54.3 Å². The summed E-state index contributed by atoms with van der Waals surface area (Å²) in [5.74, 6) is -0.773. The van der Waals surface area contributed by atoms with Gasteiger partial charge in [0.25, 0.3) is 0 Å². The van der Waals surface area contributed by atoms with E-state index < -0.39 is 42.1 Å². The molecule has 0 fully saturated rings. The molecule has 21 heavy (non-hydrogen) atoms. The summed E-state index contributed by atoms with van der Waals surface area (Å²) >= 11 is 0. The second kappa shape index (κ2) is 7.87. The van der Waals surface area contributed by atoms with Crippen molar-refractivity contribution in [1.82, 2.24) is 5.32 Å². The number of alkyl carbamates (subject to hydrolysis) is 1. The molecule has 0 aliphatic carbocycles. The fourth-order valence-electron chi connectivity index (χ4n) is 1.29. The highest BCUT2D eigenvalue weighted by Crippen LogP contribution is 2.13. The van der Waals surface area contributed by atoms with Crippen LogP contribution in [0.3, 0.4) is 0 Å². The van der Waals surface area contributed by atoms with E-state index in [0.29, 0.717) is 0 Å². The van der Waals surface area contributed by atoms with Crippen LogP contribution in [-0.4, -0.2) is 29.3 Å². The number of nitrogens with zero attached hydrogens (tertiary/aromatic N) is 1. The Hall–Kier alpha value is -1.77. The number of hydrogen-bond acceptors (Lipinski definition) is 5. The Morgan fingerprint density at radius 2 is 1.71 bits per heavy atom. The zero-order valence-corrected chi connectivity index (χ0v) is 13.6. The molecule has 0 aliphatic rings. The van der Waals surface area contributed by atoms with Gasteiger partial charge in [0.1, 0.15) is 17.2 Å². The Kier molecular flexibility index (Phi) is 5.85. The molecule has 6 heteroatoms. The molecule has 1 atom stereocenters. The molecule has 0 aromatic rings. The molecule has 0 aromatic heterocycles. The normalized spacial score (nSPS) is 15.1. The van der Waals surface area contributed by atoms with Gasteiger partial charge < -0.3 is 14.8 Å². The highest BCUT2D eigenvalue weighted by atomic mass is 16.6. The summed E-state index contributed by atoms with van der Waals surface area (Å²) in [7, 11) is 0. The Labute approximate surface area is 129 Å². The van der Waals surface area contributed by atoms with Crippen molar-refractivity contribution in [2.45, 2.75) is 78.0 Å². The molecule has 1 N–H and O–H groups in total. The summed E-state index contributed by atoms with van der Waals surface area (Å²) in [6.45, 7) is 10.0. The van der Waals surface area contributed by atoms with Gasteiger partial charge in [-0.25, -0.2) is 9.59 Å². The quantitative estimate of drug-likeness (QED) is 0.789. The Morgan fingerprint density at radius 3 is 2.14 bits per heavy atom. The Balaban J connectivity index is 5.12. The first-order valence-electron chi connectivity index (χ1n) is 7.74. The topological polar surface area (TPSA) is 88.4 Å². The molecular formula is C15H26N2O4. The smallest absolute Gasteiger partial charge is 0.408 e. The SMILES string of the molecule is [2H]C([2H])(CC#N)CC(NC(=O)OC(C)(C)C)C(=O)OC(C)(C)C. The Bertz CT molecular complexity index is 473. The van der Waals surface area contributed by atoms with Gasteiger partial charge in [-0.15, -0.1) is 0 Å². The van der Waals surface area contributed by atoms with E-state index in [2.05, 4.69) is 5.32 Å². The van der Waals surface area contributed by atoms with Gasteiger partial charge in [0.05, 0.1) is 6.07 Å². The molecule has 1 unspecified atom stereocenters. The first-order valence-corrected chi connectivity index (χ1v) is 6.74. The van der Waals surface area contributed by atoms with Crippen LogP contribution in [-0.2, 0) is 14.3 Å². The van der Waals surface area contributed by atoms with Crippen molar-refractivity contribution in [1.29, 1.82) is 5.26 Å². The standard InChI is InChI=1S/C15H26N2O4/c1-14(2,3)20-12(18)11(9-7-8-10-16)17-13(19)21-15(4,5)6/h11H,7-9H2,1-6H3,(H,17,19)/i7D2. The van der Waals surface area contributed by atoms with E-state index in [4.69, 9.17) is 17.5 Å². The molecule has 1 amide bonds. The number of carbonyl (C=O) groups excluding carboxylic acids is 2. The van der Waals surface area contributed by atoms with Crippen LogP contribution in [0.25, 0.3) is 0 Å². The largest absolute Gasteiger partial charge is 0.458 e. The molecular weight excluding hydrogens is 272 g/mol. The minimum atomic E-state index is -1.94. The van der Waals surface area contributed by atoms with Gasteiger partial charge in [0.15, 0.2) is 0 Å². The van der Waals surface area contributed by atoms with E-state index in [1.165, 1.54) is 0 Å². The lowest BCUT2D eigenvalue weighted by molar-refractivity contribution is -0.157. The maximum absolute atomic E-state index is 12.2. The molecule has 0 bridgehead atoms. The molecule has 120 valence electrons. The van der Waals surface area contributed by atoms with Crippen LogP contribution in [0, 0.1) is 11.3 Å². The van der Waals surface area contributed by atoms with E-state index in [9.17, 15) is 9.59 Å². The minimum absolute atomic E-state index is 0.380. The van der Waals surface area contributed by atoms with E-state index in [1.54, 1.807) is 47.6 Å². The lowest BCUT2D eigenvalue weighted by Crippen LogP contribution is -2.46. The van der Waals surface area contributed by atoms with Crippen LogP contribution in [0.2, 0.25) is 0 Å². The molecule has 0 radical (unpaired) electrons. The molecule has 0 saturated carbocycles. The highest BCUT2D eigenvalue weighted by molar-refractivity contribution is 5.81. The third-order valence-corrected chi connectivity index (χ3v) is 1.93. The fraction of sp³-hybridized carbons (Fsp3) is 0.800.